The second kappa shape index (κ2) is 6.19. The van der Waals surface area contributed by atoms with Crippen molar-refractivity contribution in [3.05, 3.63) is 60.1 Å². The molecule has 1 saturated heterocycles. The molecule has 2 aromatic rings. The summed E-state index contributed by atoms with van der Waals surface area (Å²) in [6.45, 7) is 1.65. The molecule has 1 aliphatic heterocycles. The molecule has 3 rings (SSSR count). The van der Waals surface area contributed by atoms with Gasteiger partial charge in [0.05, 0.1) is 11.8 Å². The molecule has 7 heteroatoms. The smallest absolute Gasteiger partial charge is 0.344 e. The largest absolute Gasteiger partial charge is 0.472 e. The number of hydrogen-bond donors (Lipinski definition) is 2. The van der Waals surface area contributed by atoms with Gasteiger partial charge in [0.25, 0.3) is 11.8 Å². The number of rotatable bonds is 5. The van der Waals surface area contributed by atoms with Gasteiger partial charge >= 0.3 is 6.03 Å². The molecule has 2 N–H and O–H groups in total. The van der Waals surface area contributed by atoms with Gasteiger partial charge in [-0.15, -0.1) is 0 Å². The second-order valence-electron chi connectivity index (χ2n) is 5.84. The van der Waals surface area contributed by atoms with E-state index in [4.69, 9.17) is 4.42 Å². The monoisotopic (exact) mass is 327 g/mol. The van der Waals surface area contributed by atoms with Crippen LogP contribution in [0, 0.1) is 0 Å². The Balaban J connectivity index is 1.67. The number of urea groups is 1. The molecule has 1 aliphatic rings. The molecule has 1 unspecified atom stereocenters. The number of carbonyl (C=O) groups excluding carboxylic acids is 3. The first-order valence-electron chi connectivity index (χ1n) is 7.53. The summed E-state index contributed by atoms with van der Waals surface area (Å²) in [7, 11) is 0. The summed E-state index contributed by atoms with van der Waals surface area (Å²) in [4.78, 5) is 36.6. The number of hydrogen-bond acceptors (Lipinski definition) is 4. The zero-order valence-corrected chi connectivity index (χ0v) is 13.1. The Morgan fingerprint density at radius 3 is 2.67 bits per heavy atom. The fraction of sp³-hybridized carbons (Fsp3) is 0.235. The van der Waals surface area contributed by atoms with Crippen LogP contribution < -0.4 is 10.7 Å². The van der Waals surface area contributed by atoms with Crippen LogP contribution in [0.15, 0.2) is 53.3 Å². The quantitative estimate of drug-likeness (QED) is 0.820. The number of aryl methyl sites for hydroxylation is 1. The van der Waals surface area contributed by atoms with Gasteiger partial charge in [0, 0.05) is 0 Å². The van der Waals surface area contributed by atoms with Crippen molar-refractivity contribution in [1.82, 2.24) is 15.8 Å². The number of nitrogens with zero attached hydrogens (tertiary/aromatic N) is 1. The summed E-state index contributed by atoms with van der Waals surface area (Å²) in [6.07, 6.45) is 3.64. The van der Waals surface area contributed by atoms with Crippen LogP contribution in [0.1, 0.15) is 29.3 Å². The number of carbonyl (C=O) groups is 3. The van der Waals surface area contributed by atoms with E-state index in [1.165, 1.54) is 18.6 Å². The molecule has 4 amide bonds. The van der Waals surface area contributed by atoms with E-state index in [9.17, 15) is 14.4 Å². The fourth-order valence-electron chi connectivity index (χ4n) is 2.55. The normalized spacial score (nSPS) is 20.1. The van der Waals surface area contributed by atoms with Crippen molar-refractivity contribution in [3.8, 4) is 0 Å². The molecule has 124 valence electrons. The van der Waals surface area contributed by atoms with Crippen molar-refractivity contribution in [2.24, 2.45) is 0 Å². The molecule has 0 saturated carbocycles. The highest BCUT2D eigenvalue weighted by molar-refractivity contribution is 6.09. The van der Waals surface area contributed by atoms with Crippen LogP contribution in [0.2, 0.25) is 0 Å². The maximum atomic E-state index is 12.6. The predicted octanol–water partition coefficient (Wildman–Crippen LogP) is 1.87. The minimum absolute atomic E-state index is 0.230. The lowest BCUT2D eigenvalue weighted by Gasteiger charge is -2.21. The first-order valence-corrected chi connectivity index (χ1v) is 7.53. The van der Waals surface area contributed by atoms with Gasteiger partial charge < -0.3 is 9.73 Å². The predicted molar refractivity (Wildman–Crippen MR) is 84.7 cm³/mol. The van der Waals surface area contributed by atoms with E-state index < -0.39 is 23.4 Å². The number of amides is 4. The van der Waals surface area contributed by atoms with E-state index >= 15 is 0 Å². The van der Waals surface area contributed by atoms with Crippen LogP contribution in [0.25, 0.3) is 0 Å². The third kappa shape index (κ3) is 3.01. The lowest BCUT2D eigenvalue weighted by molar-refractivity contribution is -0.132. The number of nitrogens with one attached hydrogen (secondary N) is 2. The summed E-state index contributed by atoms with van der Waals surface area (Å²) in [5.74, 6) is -1.07. The van der Waals surface area contributed by atoms with Gasteiger partial charge in [0.15, 0.2) is 0 Å². The zero-order valence-electron chi connectivity index (χ0n) is 13.1. The molecule has 0 radical (unpaired) electrons. The first kappa shape index (κ1) is 15.8. The molecule has 1 aromatic carbocycles. The Kier molecular flexibility index (Phi) is 4.07. The van der Waals surface area contributed by atoms with E-state index in [-0.39, 0.29) is 5.56 Å². The molecule has 24 heavy (non-hydrogen) atoms. The summed E-state index contributed by atoms with van der Waals surface area (Å²) in [6, 6.07) is 10.5. The molecule has 7 nitrogen and oxygen atoms in total. The second-order valence-corrected chi connectivity index (χ2v) is 5.84. The highest BCUT2D eigenvalue weighted by Gasteiger charge is 2.48. The van der Waals surface area contributed by atoms with Crippen LogP contribution in [0.5, 0.6) is 0 Å². The molecule has 0 spiro atoms. The maximum Gasteiger partial charge on any atom is 0.344 e. The Hall–Kier alpha value is -3.09. The van der Waals surface area contributed by atoms with Crippen molar-refractivity contribution in [2.75, 3.05) is 0 Å². The van der Waals surface area contributed by atoms with Gasteiger partial charge in [-0.05, 0) is 31.4 Å². The molecular formula is C17H17N3O4. The Morgan fingerprint density at radius 2 is 2.00 bits per heavy atom. The van der Waals surface area contributed by atoms with Crippen molar-refractivity contribution >= 4 is 17.8 Å². The highest BCUT2D eigenvalue weighted by atomic mass is 16.3. The maximum absolute atomic E-state index is 12.6. The first-order chi connectivity index (χ1) is 11.5. The molecule has 0 bridgehead atoms. The summed E-state index contributed by atoms with van der Waals surface area (Å²) in [5.41, 5.74) is 2.55. The molecule has 2 heterocycles. The Labute approximate surface area is 138 Å². The molecule has 1 aromatic heterocycles. The lowest BCUT2D eigenvalue weighted by Crippen LogP contribution is -2.48. The van der Waals surface area contributed by atoms with Crippen LogP contribution in [-0.2, 0) is 11.2 Å². The van der Waals surface area contributed by atoms with E-state index in [0.717, 1.165) is 10.6 Å². The topological polar surface area (TPSA) is 91.7 Å². The number of hydrazine groups is 1. The summed E-state index contributed by atoms with van der Waals surface area (Å²) >= 11 is 0. The highest BCUT2D eigenvalue weighted by Crippen LogP contribution is 2.22. The number of furan rings is 1. The van der Waals surface area contributed by atoms with Crippen LogP contribution in [0.4, 0.5) is 4.79 Å². The van der Waals surface area contributed by atoms with Gasteiger partial charge in [0.2, 0.25) is 0 Å². The van der Waals surface area contributed by atoms with Gasteiger partial charge in [-0.2, -0.15) is 5.01 Å². The molecule has 0 aliphatic carbocycles. The zero-order chi connectivity index (χ0) is 17.2. The van der Waals surface area contributed by atoms with Crippen molar-refractivity contribution in [3.63, 3.8) is 0 Å². The summed E-state index contributed by atoms with van der Waals surface area (Å²) in [5, 5.41) is 3.37. The summed E-state index contributed by atoms with van der Waals surface area (Å²) < 4.78 is 4.82. The average Bonchev–Trinajstić information content (AvgIpc) is 3.18. The minimum Gasteiger partial charge on any atom is -0.472 e. The number of imide groups is 1. The van der Waals surface area contributed by atoms with Crippen LogP contribution >= 0.6 is 0 Å². The van der Waals surface area contributed by atoms with E-state index in [2.05, 4.69) is 10.7 Å². The average molecular weight is 327 g/mol. The van der Waals surface area contributed by atoms with E-state index in [0.29, 0.717) is 12.8 Å². The Bertz CT molecular complexity index is 757. The van der Waals surface area contributed by atoms with Crippen molar-refractivity contribution < 1.29 is 18.8 Å². The fourth-order valence-corrected chi connectivity index (χ4v) is 2.55. The lowest BCUT2D eigenvalue weighted by atomic mass is 9.93. The number of benzene rings is 1. The van der Waals surface area contributed by atoms with Crippen molar-refractivity contribution in [1.29, 1.82) is 0 Å². The van der Waals surface area contributed by atoms with E-state index in [1.807, 2.05) is 30.3 Å². The third-order valence-corrected chi connectivity index (χ3v) is 4.01. The van der Waals surface area contributed by atoms with Crippen LogP contribution in [-0.4, -0.2) is 28.4 Å². The van der Waals surface area contributed by atoms with Crippen LogP contribution in [0.3, 0.4) is 0 Å². The standard InChI is InChI=1S/C17H17N3O4/c1-17(9-7-12-5-3-2-4-6-12)15(22)20(16(23)18-17)19-14(21)13-8-10-24-11-13/h2-6,8,10-11H,7,9H2,1H3,(H,18,23)(H,19,21). The van der Waals surface area contributed by atoms with Gasteiger partial charge in [-0.25, -0.2) is 4.79 Å². The SMILES string of the molecule is CC1(CCc2ccccc2)NC(=O)N(NC(=O)c2ccoc2)C1=O. The molecular weight excluding hydrogens is 310 g/mol. The van der Waals surface area contributed by atoms with Gasteiger partial charge in [-0.3, -0.25) is 15.0 Å². The van der Waals surface area contributed by atoms with Crippen molar-refractivity contribution in [2.45, 2.75) is 25.3 Å². The Morgan fingerprint density at radius 1 is 1.25 bits per heavy atom. The van der Waals surface area contributed by atoms with Gasteiger partial charge in [-0.1, -0.05) is 30.3 Å². The molecule has 1 fully saturated rings. The molecule has 1 atom stereocenters. The van der Waals surface area contributed by atoms with Gasteiger partial charge in [0.1, 0.15) is 11.8 Å². The van der Waals surface area contributed by atoms with E-state index in [1.54, 1.807) is 6.92 Å². The third-order valence-electron chi connectivity index (χ3n) is 4.01. The minimum atomic E-state index is -1.06.